The van der Waals surface area contributed by atoms with Gasteiger partial charge in [0, 0.05) is 4.47 Å². The minimum atomic E-state index is -0.615. The number of hydrogen-bond donors (Lipinski definition) is 0. The van der Waals surface area contributed by atoms with E-state index in [2.05, 4.69) is 31.1 Å². The lowest BCUT2D eigenvalue weighted by atomic mass is 10.2. The predicted octanol–water partition coefficient (Wildman–Crippen LogP) is 3.38. The molecule has 0 N–H and O–H groups in total. The van der Waals surface area contributed by atoms with Crippen molar-refractivity contribution in [1.29, 1.82) is 0 Å². The Morgan fingerprint density at radius 1 is 1.22 bits per heavy atom. The molecular formula is C14H9BrN4O4. The quantitative estimate of drug-likeness (QED) is 0.496. The van der Waals surface area contributed by atoms with Crippen molar-refractivity contribution >= 4 is 21.7 Å². The molecule has 0 saturated carbocycles. The zero-order chi connectivity index (χ0) is 16.2. The Bertz CT molecular complexity index is 852. The fourth-order valence-corrected chi connectivity index (χ4v) is 2.28. The van der Waals surface area contributed by atoms with E-state index in [1.54, 1.807) is 6.07 Å². The highest BCUT2D eigenvalue weighted by Crippen LogP contribution is 2.27. The van der Waals surface area contributed by atoms with Gasteiger partial charge >= 0.3 is 5.82 Å². The van der Waals surface area contributed by atoms with Crippen molar-refractivity contribution in [2.45, 2.75) is 6.61 Å². The minimum absolute atomic E-state index is 0.0399. The molecule has 0 fully saturated rings. The fourth-order valence-electron chi connectivity index (χ4n) is 1.83. The lowest BCUT2D eigenvalue weighted by Crippen LogP contribution is -2.00. The summed E-state index contributed by atoms with van der Waals surface area (Å²) in [6.07, 6.45) is 1.32. The molecule has 3 rings (SSSR count). The van der Waals surface area contributed by atoms with Gasteiger partial charge < -0.3 is 19.3 Å². The van der Waals surface area contributed by atoms with E-state index in [1.165, 1.54) is 12.3 Å². The van der Waals surface area contributed by atoms with E-state index in [0.717, 1.165) is 10.0 Å². The number of aromatic nitrogens is 3. The van der Waals surface area contributed by atoms with Crippen LogP contribution >= 0.6 is 15.9 Å². The van der Waals surface area contributed by atoms with Crippen LogP contribution in [-0.2, 0) is 6.61 Å². The van der Waals surface area contributed by atoms with Crippen molar-refractivity contribution < 1.29 is 14.1 Å². The molecule has 116 valence electrons. The molecule has 1 aromatic carbocycles. The summed E-state index contributed by atoms with van der Waals surface area (Å²) in [7, 11) is 0. The van der Waals surface area contributed by atoms with Crippen LogP contribution in [0, 0.1) is 10.1 Å². The molecule has 0 amide bonds. The van der Waals surface area contributed by atoms with Crippen LogP contribution in [0.1, 0.15) is 5.89 Å². The summed E-state index contributed by atoms with van der Waals surface area (Å²) in [6.45, 7) is -0.0933. The highest BCUT2D eigenvalue weighted by atomic mass is 79.9. The average Bonchev–Trinajstić information content (AvgIpc) is 3.02. The van der Waals surface area contributed by atoms with Gasteiger partial charge in [-0.25, -0.2) is 0 Å². The van der Waals surface area contributed by atoms with E-state index in [9.17, 15) is 10.1 Å². The van der Waals surface area contributed by atoms with Gasteiger partial charge in [0.25, 0.3) is 5.89 Å². The van der Waals surface area contributed by atoms with Crippen molar-refractivity contribution in [2.24, 2.45) is 0 Å². The summed E-state index contributed by atoms with van der Waals surface area (Å²) in [5, 5.41) is 18.7. The number of halogens is 1. The minimum Gasteiger partial charge on any atom is -0.476 e. The smallest absolute Gasteiger partial charge is 0.406 e. The normalized spacial score (nSPS) is 10.5. The number of rotatable bonds is 5. The number of ether oxygens (including phenoxy) is 1. The molecular weight excluding hydrogens is 368 g/mol. The molecule has 0 radical (unpaired) electrons. The van der Waals surface area contributed by atoms with Gasteiger partial charge in [-0.1, -0.05) is 12.1 Å². The van der Waals surface area contributed by atoms with Gasteiger partial charge in [-0.2, -0.15) is 0 Å². The van der Waals surface area contributed by atoms with Crippen LogP contribution < -0.4 is 4.74 Å². The lowest BCUT2D eigenvalue weighted by Gasteiger charge is -2.02. The van der Waals surface area contributed by atoms with Crippen LogP contribution in [0.25, 0.3) is 11.5 Å². The number of hydrogen-bond acceptors (Lipinski definition) is 7. The van der Waals surface area contributed by atoms with Crippen molar-refractivity contribution in [3.8, 4) is 17.2 Å². The average molecular weight is 377 g/mol. The fraction of sp³-hybridized carbons (Fsp3) is 0.0714. The van der Waals surface area contributed by atoms with Gasteiger partial charge in [0.05, 0.1) is 5.56 Å². The molecule has 0 spiro atoms. The highest BCUT2D eigenvalue weighted by Gasteiger charge is 2.17. The van der Waals surface area contributed by atoms with Gasteiger partial charge in [0.1, 0.15) is 6.20 Å². The Morgan fingerprint density at radius 2 is 2.04 bits per heavy atom. The van der Waals surface area contributed by atoms with E-state index in [4.69, 9.17) is 9.15 Å². The highest BCUT2D eigenvalue weighted by molar-refractivity contribution is 9.10. The molecule has 2 aromatic heterocycles. The largest absolute Gasteiger partial charge is 0.476 e. The summed E-state index contributed by atoms with van der Waals surface area (Å²) in [5.74, 6) is 0.210. The van der Waals surface area contributed by atoms with Crippen LogP contribution in [0.15, 0.2) is 51.5 Å². The number of nitro groups is 1. The molecule has 0 saturated heterocycles. The zero-order valence-electron chi connectivity index (χ0n) is 11.5. The van der Waals surface area contributed by atoms with Crippen LogP contribution in [-0.4, -0.2) is 20.1 Å². The van der Waals surface area contributed by atoms with Crippen molar-refractivity contribution in [1.82, 2.24) is 15.2 Å². The van der Waals surface area contributed by atoms with Crippen LogP contribution in [0.3, 0.4) is 0 Å². The third-order valence-electron chi connectivity index (χ3n) is 2.85. The molecule has 0 aliphatic heterocycles. The summed E-state index contributed by atoms with van der Waals surface area (Å²) >= 11 is 3.40. The zero-order valence-corrected chi connectivity index (χ0v) is 13.1. The first-order valence-corrected chi connectivity index (χ1v) is 7.24. The Morgan fingerprint density at radius 3 is 2.83 bits per heavy atom. The number of benzene rings is 1. The van der Waals surface area contributed by atoms with Gasteiger partial charge in [0.2, 0.25) is 11.6 Å². The van der Waals surface area contributed by atoms with Gasteiger partial charge in [-0.05, 0) is 50.1 Å². The maximum absolute atomic E-state index is 10.9. The van der Waals surface area contributed by atoms with Gasteiger partial charge in [-0.3, -0.25) is 0 Å². The Hall–Kier alpha value is -2.81. The first kappa shape index (κ1) is 15.1. The maximum atomic E-state index is 10.9. The summed E-state index contributed by atoms with van der Waals surface area (Å²) < 4.78 is 11.7. The van der Waals surface area contributed by atoms with E-state index in [0.29, 0.717) is 5.89 Å². The number of pyridine rings is 1. The monoisotopic (exact) mass is 376 g/mol. The van der Waals surface area contributed by atoms with Gasteiger partial charge in [0.15, 0.2) is 6.61 Å². The molecule has 0 aliphatic rings. The van der Waals surface area contributed by atoms with Crippen molar-refractivity contribution in [3.63, 3.8) is 0 Å². The standard InChI is InChI=1S/C14H9BrN4O4/c15-10-5-2-1-4-9(10)14-18-17-12(23-14)8-22-11-6-3-7-16-13(11)19(20)21/h1-7H,8H2. The Kier molecular flexibility index (Phi) is 4.29. The van der Waals surface area contributed by atoms with Gasteiger partial charge in [-0.15, -0.1) is 10.2 Å². The molecule has 3 aromatic rings. The second-order valence-corrected chi connectivity index (χ2v) is 5.21. The summed E-state index contributed by atoms with van der Waals surface area (Å²) in [5.41, 5.74) is 0.749. The van der Waals surface area contributed by atoms with Crippen molar-refractivity contribution in [3.05, 3.63) is 63.1 Å². The molecule has 0 unspecified atom stereocenters. The van der Waals surface area contributed by atoms with E-state index < -0.39 is 4.92 Å². The SMILES string of the molecule is O=[N+]([O-])c1ncccc1OCc1nnc(-c2ccccc2Br)o1. The molecule has 8 nitrogen and oxygen atoms in total. The lowest BCUT2D eigenvalue weighted by molar-refractivity contribution is -0.390. The molecule has 0 bridgehead atoms. The third-order valence-corrected chi connectivity index (χ3v) is 3.54. The van der Waals surface area contributed by atoms with Crippen molar-refractivity contribution in [2.75, 3.05) is 0 Å². The van der Waals surface area contributed by atoms with Crippen LogP contribution in [0.5, 0.6) is 5.75 Å². The van der Waals surface area contributed by atoms with Crippen LogP contribution in [0.4, 0.5) is 5.82 Å². The van der Waals surface area contributed by atoms with Crippen LogP contribution in [0.2, 0.25) is 0 Å². The Labute approximate surface area is 138 Å². The van der Waals surface area contributed by atoms with E-state index >= 15 is 0 Å². The third kappa shape index (κ3) is 3.34. The molecule has 9 heteroatoms. The molecule has 0 aliphatic carbocycles. The number of nitrogens with zero attached hydrogens (tertiary/aromatic N) is 4. The first-order valence-electron chi connectivity index (χ1n) is 6.44. The Balaban J connectivity index is 1.76. The summed E-state index contributed by atoms with van der Waals surface area (Å²) in [4.78, 5) is 13.9. The summed E-state index contributed by atoms with van der Waals surface area (Å²) in [6, 6.07) is 10.4. The second kappa shape index (κ2) is 6.53. The second-order valence-electron chi connectivity index (χ2n) is 4.35. The molecule has 23 heavy (non-hydrogen) atoms. The topological polar surface area (TPSA) is 104 Å². The molecule has 2 heterocycles. The maximum Gasteiger partial charge on any atom is 0.406 e. The predicted molar refractivity (Wildman–Crippen MR) is 82.7 cm³/mol. The van der Waals surface area contributed by atoms with E-state index in [1.807, 2.05) is 24.3 Å². The first-order chi connectivity index (χ1) is 11.1. The molecule has 0 atom stereocenters. The van der Waals surface area contributed by atoms with E-state index in [-0.39, 0.29) is 24.1 Å².